The standard InChI is InChI=1S/C12H24N2O2/c1-9(5-4-6-10(2)13)11(15)14-7-12(3,16)8-14/h9-10,16H,4-8,13H2,1-3H3. The highest BCUT2D eigenvalue weighted by Gasteiger charge is 2.40. The van der Waals surface area contributed by atoms with Gasteiger partial charge in [0.15, 0.2) is 0 Å². The zero-order chi connectivity index (χ0) is 12.3. The molecule has 3 N–H and O–H groups in total. The van der Waals surface area contributed by atoms with E-state index in [1.807, 2.05) is 13.8 Å². The van der Waals surface area contributed by atoms with E-state index in [9.17, 15) is 9.90 Å². The van der Waals surface area contributed by atoms with Crippen LogP contribution >= 0.6 is 0 Å². The van der Waals surface area contributed by atoms with Crippen molar-refractivity contribution in [3.8, 4) is 0 Å². The summed E-state index contributed by atoms with van der Waals surface area (Å²) in [6, 6.07) is 0.215. The molecule has 4 nitrogen and oxygen atoms in total. The maximum absolute atomic E-state index is 11.9. The number of β-amino-alcohol motifs (C(OH)–C–C–N with tert-alkyl or cyclic N) is 1. The Morgan fingerprint density at radius 1 is 1.44 bits per heavy atom. The summed E-state index contributed by atoms with van der Waals surface area (Å²) in [4.78, 5) is 13.6. The maximum Gasteiger partial charge on any atom is 0.225 e. The smallest absolute Gasteiger partial charge is 0.225 e. The number of carbonyl (C=O) groups is 1. The first-order valence-electron chi connectivity index (χ1n) is 6.08. The second kappa shape index (κ2) is 5.15. The van der Waals surface area contributed by atoms with Crippen molar-refractivity contribution in [3.05, 3.63) is 0 Å². The number of rotatable bonds is 5. The van der Waals surface area contributed by atoms with Crippen molar-refractivity contribution in [1.82, 2.24) is 4.90 Å². The van der Waals surface area contributed by atoms with Crippen LogP contribution in [0.1, 0.15) is 40.0 Å². The molecular formula is C12H24N2O2. The second-order valence-corrected chi connectivity index (χ2v) is 5.50. The molecule has 0 aromatic carbocycles. The van der Waals surface area contributed by atoms with Crippen LogP contribution in [0.4, 0.5) is 0 Å². The van der Waals surface area contributed by atoms with Gasteiger partial charge in [-0.25, -0.2) is 0 Å². The van der Waals surface area contributed by atoms with Crippen molar-refractivity contribution >= 4 is 5.91 Å². The molecular weight excluding hydrogens is 204 g/mol. The minimum absolute atomic E-state index is 0.0508. The fourth-order valence-electron chi connectivity index (χ4n) is 2.11. The largest absolute Gasteiger partial charge is 0.386 e. The Bertz CT molecular complexity index is 243. The molecule has 0 aromatic rings. The number of hydrogen-bond donors (Lipinski definition) is 2. The van der Waals surface area contributed by atoms with E-state index in [1.165, 1.54) is 0 Å². The van der Waals surface area contributed by atoms with Gasteiger partial charge in [0.2, 0.25) is 5.91 Å². The van der Waals surface area contributed by atoms with Crippen LogP contribution < -0.4 is 5.73 Å². The number of hydrogen-bond acceptors (Lipinski definition) is 3. The maximum atomic E-state index is 11.9. The Morgan fingerprint density at radius 3 is 2.44 bits per heavy atom. The van der Waals surface area contributed by atoms with Crippen molar-refractivity contribution in [1.29, 1.82) is 0 Å². The van der Waals surface area contributed by atoms with Crippen LogP contribution in [0.5, 0.6) is 0 Å². The van der Waals surface area contributed by atoms with Gasteiger partial charge in [-0.15, -0.1) is 0 Å². The van der Waals surface area contributed by atoms with Crippen LogP contribution in [0.15, 0.2) is 0 Å². The van der Waals surface area contributed by atoms with Gasteiger partial charge in [0.25, 0.3) is 0 Å². The molecule has 16 heavy (non-hydrogen) atoms. The Hall–Kier alpha value is -0.610. The van der Waals surface area contributed by atoms with Crippen molar-refractivity contribution in [2.75, 3.05) is 13.1 Å². The summed E-state index contributed by atoms with van der Waals surface area (Å²) in [5.74, 6) is 0.214. The van der Waals surface area contributed by atoms with Gasteiger partial charge in [-0.05, 0) is 26.7 Å². The summed E-state index contributed by atoms with van der Waals surface area (Å²) in [6.07, 6.45) is 2.85. The quantitative estimate of drug-likeness (QED) is 0.729. The van der Waals surface area contributed by atoms with E-state index in [4.69, 9.17) is 5.73 Å². The summed E-state index contributed by atoms with van der Waals surface area (Å²) >= 11 is 0. The predicted octanol–water partition coefficient (Wildman–Crippen LogP) is 0.733. The van der Waals surface area contributed by atoms with E-state index in [0.29, 0.717) is 13.1 Å². The lowest BCUT2D eigenvalue weighted by Gasteiger charge is -2.45. The first-order chi connectivity index (χ1) is 7.32. The van der Waals surface area contributed by atoms with Gasteiger partial charge in [0, 0.05) is 12.0 Å². The van der Waals surface area contributed by atoms with Crippen molar-refractivity contribution < 1.29 is 9.90 Å². The summed E-state index contributed by atoms with van der Waals surface area (Å²) in [6.45, 7) is 6.65. The molecule has 94 valence electrons. The molecule has 1 aliphatic rings. The van der Waals surface area contributed by atoms with Gasteiger partial charge >= 0.3 is 0 Å². The van der Waals surface area contributed by atoms with E-state index in [0.717, 1.165) is 19.3 Å². The molecule has 1 amide bonds. The highest BCUT2D eigenvalue weighted by Crippen LogP contribution is 2.23. The van der Waals surface area contributed by atoms with Crippen molar-refractivity contribution in [3.63, 3.8) is 0 Å². The number of nitrogens with two attached hydrogens (primary N) is 1. The zero-order valence-corrected chi connectivity index (χ0v) is 10.6. The molecule has 1 fully saturated rings. The highest BCUT2D eigenvalue weighted by molar-refractivity contribution is 5.79. The van der Waals surface area contributed by atoms with E-state index >= 15 is 0 Å². The first kappa shape index (κ1) is 13.5. The molecule has 0 aromatic heterocycles. The van der Waals surface area contributed by atoms with Crippen LogP contribution in [0, 0.1) is 5.92 Å². The molecule has 0 spiro atoms. The molecule has 0 aliphatic carbocycles. The van der Waals surface area contributed by atoms with Crippen LogP contribution in [-0.2, 0) is 4.79 Å². The molecule has 2 unspecified atom stereocenters. The SMILES string of the molecule is CC(N)CCCC(C)C(=O)N1CC(C)(O)C1. The minimum Gasteiger partial charge on any atom is -0.386 e. The lowest BCUT2D eigenvalue weighted by Crippen LogP contribution is -2.62. The van der Waals surface area contributed by atoms with E-state index in [1.54, 1.807) is 11.8 Å². The summed E-state index contributed by atoms with van der Waals surface area (Å²) in [5, 5.41) is 9.55. The number of carbonyl (C=O) groups excluding carboxylic acids is 1. The molecule has 1 saturated heterocycles. The normalized spacial score (nSPS) is 22.4. The third-order valence-corrected chi connectivity index (χ3v) is 3.09. The molecule has 1 heterocycles. The van der Waals surface area contributed by atoms with Gasteiger partial charge in [-0.2, -0.15) is 0 Å². The van der Waals surface area contributed by atoms with Crippen molar-refractivity contribution in [2.24, 2.45) is 11.7 Å². The summed E-state index contributed by atoms with van der Waals surface area (Å²) in [7, 11) is 0. The van der Waals surface area contributed by atoms with Crippen LogP contribution in [-0.4, -0.2) is 40.6 Å². The third kappa shape index (κ3) is 3.76. The zero-order valence-electron chi connectivity index (χ0n) is 10.6. The van der Waals surface area contributed by atoms with Crippen LogP contribution in [0.3, 0.4) is 0 Å². The average molecular weight is 228 g/mol. The lowest BCUT2D eigenvalue weighted by atomic mass is 9.93. The van der Waals surface area contributed by atoms with Gasteiger partial charge < -0.3 is 15.7 Å². The molecule has 0 radical (unpaired) electrons. The average Bonchev–Trinajstić information content (AvgIpc) is 2.12. The van der Waals surface area contributed by atoms with Gasteiger partial charge in [-0.1, -0.05) is 13.3 Å². The monoisotopic (exact) mass is 228 g/mol. The molecule has 0 bridgehead atoms. The van der Waals surface area contributed by atoms with Gasteiger partial charge in [0.1, 0.15) is 0 Å². The number of aliphatic hydroxyl groups is 1. The lowest BCUT2D eigenvalue weighted by molar-refractivity contribution is -0.156. The summed E-state index contributed by atoms with van der Waals surface area (Å²) in [5.41, 5.74) is 4.99. The third-order valence-electron chi connectivity index (χ3n) is 3.09. The molecule has 2 atom stereocenters. The fraction of sp³-hybridized carbons (Fsp3) is 0.917. The van der Waals surface area contributed by atoms with Gasteiger partial charge in [-0.3, -0.25) is 4.79 Å². The van der Waals surface area contributed by atoms with Crippen LogP contribution in [0.25, 0.3) is 0 Å². The molecule has 4 heteroatoms. The predicted molar refractivity (Wildman–Crippen MR) is 63.9 cm³/mol. The Labute approximate surface area is 97.8 Å². The Balaban J connectivity index is 2.22. The van der Waals surface area contributed by atoms with E-state index in [2.05, 4.69) is 0 Å². The highest BCUT2D eigenvalue weighted by atomic mass is 16.3. The van der Waals surface area contributed by atoms with E-state index < -0.39 is 5.60 Å². The number of amides is 1. The summed E-state index contributed by atoms with van der Waals surface area (Å²) < 4.78 is 0. The molecule has 1 rings (SSSR count). The number of nitrogens with zero attached hydrogens (tertiary/aromatic N) is 1. The molecule has 0 saturated carbocycles. The minimum atomic E-state index is -0.666. The topological polar surface area (TPSA) is 66.6 Å². The van der Waals surface area contributed by atoms with Crippen LogP contribution in [0.2, 0.25) is 0 Å². The number of likely N-dealkylation sites (tertiary alicyclic amines) is 1. The Morgan fingerprint density at radius 2 is 2.00 bits per heavy atom. The van der Waals surface area contributed by atoms with Gasteiger partial charge in [0.05, 0.1) is 18.7 Å². The fourth-order valence-corrected chi connectivity index (χ4v) is 2.11. The first-order valence-corrected chi connectivity index (χ1v) is 6.08. The van der Waals surface area contributed by atoms with E-state index in [-0.39, 0.29) is 17.9 Å². The van der Waals surface area contributed by atoms with Crippen molar-refractivity contribution in [2.45, 2.75) is 51.7 Å². The second-order valence-electron chi connectivity index (χ2n) is 5.50. The Kier molecular flexibility index (Phi) is 4.33. The molecule has 1 aliphatic heterocycles.